The van der Waals surface area contributed by atoms with E-state index in [1.54, 1.807) is 12.1 Å². The predicted molar refractivity (Wildman–Crippen MR) is 267 cm³/mol. The van der Waals surface area contributed by atoms with Gasteiger partial charge in [-0.05, 0) is 143 Å². The molecule has 0 saturated heterocycles. The van der Waals surface area contributed by atoms with Gasteiger partial charge in [0.1, 0.15) is 11.4 Å². The minimum atomic E-state index is -2.22. The molecule has 1 unspecified atom stereocenters. The van der Waals surface area contributed by atoms with Crippen LogP contribution in [0.3, 0.4) is 0 Å². The van der Waals surface area contributed by atoms with Crippen molar-refractivity contribution >= 4 is 42.6 Å². The first kappa shape index (κ1) is 49.2. The monoisotopic (exact) mass is 902 g/mol. The number of nitrogens with one attached hydrogen (secondary N) is 3. The highest BCUT2D eigenvalue weighted by atomic mass is 28.4. The zero-order valence-electron chi connectivity index (χ0n) is 39.9. The highest BCUT2D eigenvalue weighted by molar-refractivity contribution is 6.74. The summed E-state index contributed by atoms with van der Waals surface area (Å²) in [6, 6.07) is 31.4. The maximum absolute atomic E-state index is 14.0. The number of ether oxygens (including phenoxy) is 1. The highest BCUT2D eigenvalue weighted by Gasteiger charge is 2.40. The number of phenolic OH excluding ortho intramolecular Hbond substituents is 1. The van der Waals surface area contributed by atoms with Gasteiger partial charge in [-0.2, -0.15) is 0 Å². The Kier molecular flexibility index (Phi) is 15.8. The van der Waals surface area contributed by atoms with Crippen LogP contribution in [-0.4, -0.2) is 60.7 Å². The van der Waals surface area contributed by atoms with E-state index < -0.39 is 13.9 Å². The third-order valence-electron chi connectivity index (χ3n) is 12.9. The van der Waals surface area contributed by atoms with E-state index in [2.05, 4.69) is 86.7 Å². The number of hydrogen-bond donors (Lipinski definition) is 5. The number of hydrogen-bond acceptors (Lipinski definition) is 8. The zero-order valence-corrected chi connectivity index (χ0v) is 40.9. The molecule has 5 aromatic rings. The van der Waals surface area contributed by atoms with Crippen LogP contribution in [0.25, 0.3) is 22.0 Å². The third-order valence-corrected chi connectivity index (χ3v) is 17.4. The molecule has 0 spiro atoms. The quantitative estimate of drug-likeness (QED) is 0.0612. The number of fused-ring (bicyclic) bond motifs is 1. The molecule has 12 heteroatoms. The summed E-state index contributed by atoms with van der Waals surface area (Å²) >= 11 is 0. The first-order chi connectivity index (χ1) is 30.7. The minimum absolute atomic E-state index is 0.0225. The first-order valence-electron chi connectivity index (χ1n) is 23.3. The van der Waals surface area contributed by atoms with Gasteiger partial charge in [0.2, 0.25) is 11.5 Å². The van der Waals surface area contributed by atoms with Gasteiger partial charge in [0.25, 0.3) is 0 Å². The minimum Gasteiger partial charge on any atom is -0.506 e. The fourth-order valence-corrected chi connectivity index (χ4v) is 9.61. The maximum atomic E-state index is 14.0. The summed E-state index contributed by atoms with van der Waals surface area (Å²) in [5, 5.41) is 18.1. The molecule has 0 bridgehead atoms. The smallest absolute Gasteiger partial charge is 0.415 e. The van der Waals surface area contributed by atoms with Crippen LogP contribution < -0.4 is 26.8 Å². The molecule has 2 atom stereocenters. The number of nitrogens with two attached hydrogens (primary N) is 1. The number of H-pyrrole nitrogens is 1. The largest absolute Gasteiger partial charge is 0.506 e. The Bertz CT molecular complexity index is 2450. The summed E-state index contributed by atoms with van der Waals surface area (Å²) in [4.78, 5) is 44.1. The molecular formula is C53H71N5O6Si. The number of anilines is 2. The molecule has 1 heterocycles. The van der Waals surface area contributed by atoms with Gasteiger partial charge < -0.3 is 35.6 Å². The number of pyridine rings is 1. The van der Waals surface area contributed by atoms with Crippen molar-refractivity contribution in [1.82, 2.24) is 10.3 Å². The second-order valence-corrected chi connectivity index (χ2v) is 25.2. The van der Waals surface area contributed by atoms with Crippen LogP contribution >= 0.6 is 0 Å². The number of aromatic amines is 1. The Morgan fingerprint density at radius 3 is 2.23 bits per heavy atom. The summed E-state index contributed by atoms with van der Waals surface area (Å²) in [6.45, 7) is 19.5. The summed E-state index contributed by atoms with van der Waals surface area (Å²) in [5.41, 5.74) is 12.4. The lowest BCUT2D eigenvalue weighted by molar-refractivity contribution is -0.116. The van der Waals surface area contributed by atoms with Gasteiger partial charge in [-0.3, -0.25) is 14.5 Å². The molecule has 0 aliphatic heterocycles. The average molecular weight is 902 g/mol. The lowest BCUT2D eigenvalue weighted by Gasteiger charge is -2.40. The van der Waals surface area contributed by atoms with Crippen molar-refractivity contribution in [2.24, 2.45) is 5.73 Å². The number of benzene rings is 4. The number of amides is 2. The Morgan fingerprint density at radius 2 is 1.57 bits per heavy atom. The SMILES string of the molecule is CC(Cc1ccc(NC(=O)CCCc2ccc(-c3ccccc3)c(N(C(=O)OC(C)(C)C)C3CCC(N)CC3)c2)cc1)NC[C@H](O[Si](C)(C)C(C)(C)C)c1ccc(O)c2[nH]c(=O)ccc12. The number of nitrogens with zero attached hydrogens (tertiary/aromatic N) is 1. The maximum Gasteiger partial charge on any atom is 0.415 e. The molecule has 1 saturated carbocycles. The van der Waals surface area contributed by atoms with Gasteiger partial charge in [-0.25, -0.2) is 4.79 Å². The van der Waals surface area contributed by atoms with Gasteiger partial charge in [-0.1, -0.05) is 81.4 Å². The van der Waals surface area contributed by atoms with Gasteiger partial charge >= 0.3 is 6.09 Å². The van der Waals surface area contributed by atoms with Crippen LogP contribution in [0.5, 0.6) is 5.75 Å². The average Bonchev–Trinajstić information content (AvgIpc) is 3.23. The predicted octanol–water partition coefficient (Wildman–Crippen LogP) is 11.2. The van der Waals surface area contributed by atoms with E-state index in [4.69, 9.17) is 14.9 Å². The molecule has 11 nitrogen and oxygen atoms in total. The van der Waals surface area contributed by atoms with E-state index in [0.717, 1.165) is 76.7 Å². The molecule has 0 radical (unpaired) electrons. The Balaban J connectivity index is 1.08. The zero-order chi connectivity index (χ0) is 47.1. The summed E-state index contributed by atoms with van der Waals surface area (Å²) in [7, 11) is -2.22. The second-order valence-electron chi connectivity index (χ2n) is 20.4. The summed E-state index contributed by atoms with van der Waals surface area (Å²) in [5.74, 6) is -0.0281. The lowest BCUT2D eigenvalue weighted by atomic mass is 9.89. The van der Waals surface area contributed by atoms with Crippen molar-refractivity contribution in [3.8, 4) is 16.9 Å². The van der Waals surface area contributed by atoms with Crippen molar-refractivity contribution in [1.29, 1.82) is 0 Å². The summed E-state index contributed by atoms with van der Waals surface area (Å²) < 4.78 is 13.0. The number of carbonyl (C=O) groups is 2. The van der Waals surface area contributed by atoms with E-state index in [1.165, 1.54) is 6.07 Å². The molecule has 1 aromatic heterocycles. The molecule has 2 amide bonds. The van der Waals surface area contributed by atoms with Gasteiger partial charge in [0, 0.05) is 53.8 Å². The molecule has 1 fully saturated rings. The Morgan fingerprint density at radius 1 is 0.892 bits per heavy atom. The number of aromatic hydroxyl groups is 1. The van der Waals surface area contributed by atoms with Crippen molar-refractivity contribution in [2.45, 2.75) is 148 Å². The van der Waals surface area contributed by atoms with Crippen LogP contribution in [0.4, 0.5) is 16.2 Å². The molecular weight excluding hydrogens is 831 g/mol. The van der Waals surface area contributed by atoms with E-state index >= 15 is 0 Å². The molecule has 6 rings (SSSR count). The van der Waals surface area contributed by atoms with Crippen LogP contribution in [0, 0.1) is 0 Å². The third kappa shape index (κ3) is 13.2. The van der Waals surface area contributed by atoms with Crippen molar-refractivity contribution in [3.63, 3.8) is 0 Å². The van der Waals surface area contributed by atoms with Gasteiger partial charge in [0.15, 0.2) is 8.32 Å². The number of carbonyl (C=O) groups excluding carboxylic acids is 2. The van der Waals surface area contributed by atoms with Crippen molar-refractivity contribution < 1.29 is 23.9 Å². The normalized spacial score (nSPS) is 16.8. The van der Waals surface area contributed by atoms with E-state index in [1.807, 2.05) is 74.2 Å². The molecule has 1 aliphatic rings. The standard InChI is InChI=1S/C53H71N5O6Si/c1-35(55-34-47(64-65(8,9)53(5,6)7)43-28-30-46(59)50-44(43)29-31-49(61)57-50)32-37-18-23-40(24-19-37)56-48(60)17-13-14-36-20-27-42(38-15-11-10-12-16-38)45(33-36)58(51(62)63-52(2,3)4)41-25-21-39(54)22-26-41/h10-12,15-16,18-20,23-24,27-31,33,35,39,41,47,55,59H,13-14,17,21-22,25-26,32,34,54H2,1-9H3,(H,56,60)(H,57,61)/t35?,39?,41?,47-/m0/s1. The topological polar surface area (TPSA) is 159 Å². The number of aryl methyl sites for hydroxylation is 1. The van der Waals surface area contributed by atoms with Gasteiger partial charge in [0.05, 0.1) is 17.3 Å². The van der Waals surface area contributed by atoms with Crippen LogP contribution in [0.15, 0.2) is 102 Å². The van der Waals surface area contributed by atoms with Crippen molar-refractivity contribution in [2.75, 3.05) is 16.8 Å². The molecule has 348 valence electrons. The number of rotatable bonds is 16. The summed E-state index contributed by atoms with van der Waals surface area (Å²) in [6.07, 6.45) is 5.04. The fourth-order valence-electron chi connectivity index (χ4n) is 8.33. The lowest BCUT2D eigenvalue weighted by Crippen LogP contribution is -2.46. The Hall–Kier alpha value is -5.27. The first-order valence-corrected chi connectivity index (χ1v) is 26.2. The van der Waals surface area contributed by atoms with Crippen LogP contribution in [0.1, 0.15) is 110 Å². The molecule has 4 aromatic carbocycles. The van der Waals surface area contributed by atoms with Crippen molar-refractivity contribution in [3.05, 3.63) is 124 Å². The van der Waals surface area contributed by atoms with E-state index in [-0.39, 0.29) is 52.6 Å². The highest BCUT2D eigenvalue weighted by Crippen LogP contribution is 2.42. The Labute approximate surface area is 386 Å². The fraction of sp³-hybridized carbons (Fsp3) is 0.453. The van der Waals surface area contributed by atoms with Crippen LogP contribution in [-0.2, 0) is 26.8 Å². The van der Waals surface area contributed by atoms with E-state index in [0.29, 0.717) is 31.3 Å². The van der Waals surface area contributed by atoms with Crippen LogP contribution in [0.2, 0.25) is 18.1 Å². The molecule has 6 N–H and O–H groups in total. The molecule has 1 aliphatic carbocycles. The second kappa shape index (κ2) is 20.9. The number of aromatic nitrogens is 1. The molecule has 65 heavy (non-hydrogen) atoms. The number of phenols is 1. The van der Waals surface area contributed by atoms with E-state index in [9.17, 15) is 19.5 Å². The van der Waals surface area contributed by atoms with Gasteiger partial charge in [-0.15, -0.1) is 0 Å².